The zero-order valence-electron chi connectivity index (χ0n) is 10.9. The summed E-state index contributed by atoms with van der Waals surface area (Å²) >= 11 is 1.67. The van der Waals surface area contributed by atoms with Gasteiger partial charge in [-0.2, -0.15) is 0 Å². The van der Waals surface area contributed by atoms with Crippen molar-refractivity contribution in [1.82, 2.24) is 0 Å². The Morgan fingerprint density at radius 2 is 1.95 bits per heavy atom. The van der Waals surface area contributed by atoms with E-state index in [9.17, 15) is 9.90 Å². The average molecular weight is 274 g/mol. The molecule has 1 heterocycles. The average Bonchev–Trinajstić information content (AvgIpc) is 2.83. The minimum atomic E-state index is -1.07. The van der Waals surface area contributed by atoms with E-state index in [0.717, 1.165) is 30.2 Å². The van der Waals surface area contributed by atoms with E-state index in [1.54, 1.807) is 11.3 Å². The molecule has 1 aliphatic carbocycles. The number of rotatable bonds is 3. The van der Waals surface area contributed by atoms with Gasteiger partial charge in [-0.15, -0.1) is 11.3 Å². The van der Waals surface area contributed by atoms with Crippen LogP contribution in [0, 0.1) is 0 Å². The zero-order valence-corrected chi connectivity index (χ0v) is 11.7. The van der Waals surface area contributed by atoms with E-state index in [2.05, 4.69) is 17.5 Å². The molecule has 19 heavy (non-hydrogen) atoms. The summed E-state index contributed by atoms with van der Waals surface area (Å²) in [5, 5.41) is 13.7. The van der Waals surface area contributed by atoms with E-state index >= 15 is 0 Å². The number of ketones is 1. The van der Waals surface area contributed by atoms with Crippen molar-refractivity contribution in [2.75, 3.05) is 0 Å². The molecule has 3 rings (SSSR count). The molecule has 2 nitrogen and oxygen atoms in total. The summed E-state index contributed by atoms with van der Waals surface area (Å²) in [6.45, 7) is 0. The Hall–Kier alpha value is -1.19. The fraction of sp³-hybridized carbons (Fsp3) is 0.438. The maximum atomic E-state index is 12.4. The highest BCUT2D eigenvalue weighted by molar-refractivity contribution is 7.17. The van der Waals surface area contributed by atoms with Crippen LogP contribution in [0.2, 0.25) is 0 Å². The zero-order chi connectivity index (χ0) is 13.3. The highest BCUT2D eigenvalue weighted by Gasteiger charge is 2.36. The van der Waals surface area contributed by atoms with Gasteiger partial charge in [-0.25, -0.2) is 0 Å². The Morgan fingerprint density at radius 3 is 2.74 bits per heavy atom. The van der Waals surface area contributed by atoms with Crippen molar-refractivity contribution in [3.63, 3.8) is 0 Å². The third-order valence-corrected chi connectivity index (χ3v) is 5.12. The lowest BCUT2D eigenvalue weighted by Crippen LogP contribution is -2.41. The summed E-state index contributed by atoms with van der Waals surface area (Å²) < 4.78 is 1.21. The van der Waals surface area contributed by atoms with Gasteiger partial charge in [0.15, 0.2) is 5.78 Å². The van der Waals surface area contributed by atoms with Crippen LogP contribution in [0.5, 0.6) is 0 Å². The SMILES string of the molecule is O=C(Cc1csc2ccccc12)C1(O)CCCCC1. The molecule has 0 bridgehead atoms. The van der Waals surface area contributed by atoms with Crippen molar-refractivity contribution in [1.29, 1.82) is 0 Å². The first-order valence-electron chi connectivity index (χ1n) is 6.90. The van der Waals surface area contributed by atoms with Crippen molar-refractivity contribution in [3.8, 4) is 0 Å². The van der Waals surface area contributed by atoms with Crippen molar-refractivity contribution < 1.29 is 9.90 Å². The van der Waals surface area contributed by atoms with Crippen molar-refractivity contribution in [2.24, 2.45) is 0 Å². The summed E-state index contributed by atoms with van der Waals surface area (Å²) in [4.78, 5) is 12.4. The van der Waals surface area contributed by atoms with Gasteiger partial charge < -0.3 is 5.11 Å². The quantitative estimate of drug-likeness (QED) is 0.926. The maximum absolute atomic E-state index is 12.4. The maximum Gasteiger partial charge on any atom is 0.168 e. The van der Waals surface area contributed by atoms with Gasteiger partial charge in [-0.3, -0.25) is 4.79 Å². The van der Waals surface area contributed by atoms with Gasteiger partial charge in [0, 0.05) is 11.1 Å². The number of carbonyl (C=O) groups excluding carboxylic acids is 1. The molecule has 1 N–H and O–H groups in total. The highest BCUT2D eigenvalue weighted by Crippen LogP contribution is 2.32. The topological polar surface area (TPSA) is 37.3 Å². The Bertz CT molecular complexity index is 594. The fourth-order valence-electron chi connectivity index (χ4n) is 2.92. The van der Waals surface area contributed by atoms with Gasteiger partial charge in [0.1, 0.15) is 5.60 Å². The lowest BCUT2D eigenvalue weighted by Gasteiger charge is -2.30. The second kappa shape index (κ2) is 5.06. The van der Waals surface area contributed by atoms with Crippen molar-refractivity contribution in [2.45, 2.75) is 44.1 Å². The third-order valence-electron chi connectivity index (χ3n) is 4.11. The third kappa shape index (κ3) is 2.45. The van der Waals surface area contributed by atoms with Gasteiger partial charge in [-0.05, 0) is 35.2 Å². The Kier molecular flexibility index (Phi) is 3.42. The van der Waals surface area contributed by atoms with Gasteiger partial charge in [-0.1, -0.05) is 37.5 Å². The molecule has 0 radical (unpaired) electrons. The molecule has 0 amide bonds. The van der Waals surface area contributed by atoms with Crippen LogP contribution in [0.1, 0.15) is 37.7 Å². The smallest absolute Gasteiger partial charge is 0.168 e. The molecule has 0 aliphatic heterocycles. The normalized spacial score (nSPS) is 18.6. The van der Waals surface area contributed by atoms with Crippen LogP contribution >= 0.6 is 11.3 Å². The summed E-state index contributed by atoms with van der Waals surface area (Å²) in [5.41, 5.74) is -0.00835. The lowest BCUT2D eigenvalue weighted by atomic mass is 9.80. The van der Waals surface area contributed by atoms with Crippen LogP contribution in [0.3, 0.4) is 0 Å². The van der Waals surface area contributed by atoms with E-state index in [1.165, 1.54) is 4.70 Å². The number of hydrogen-bond acceptors (Lipinski definition) is 3. The molecule has 3 heteroatoms. The molecule has 2 aromatic rings. The lowest BCUT2D eigenvalue weighted by molar-refractivity contribution is -0.139. The standard InChI is InChI=1S/C16H18O2S/c17-15(16(18)8-4-1-5-9-16)10-12-11-19-14-7-3-2-6-13(12)14/h2-3,6-7,11,18H,1,4-5,8-10H2. The minimum absolute atomic E-state index is 0.00393. The van der Waals surface area contributed by atoms with E-state index in [1.807, 2.05) is 12.1 Å². The first kappa shape index (κ1) is 12.8. The summed E-state index contributed by atoms with van der Waals surface area (Å²) in [6.07, 6.45) is 4.69. The van der Waals surface area contributed by atoms with Crippen molar-refractivity contribution in [3.05, 3.63) is 35.2 Å². The molecule has 1 saturated carbocycles. The molecular weight excluding hydrogens is 256 g/mol. The molecule has 1 aromatic heterocycles. The molecule has 1 aliphatic rings. The number of aliphatic hydroxyl groups is 1. The van der Waals surface area contributed by atoms with E-state index in [-0.39, 0.29) is 5.78 Å². The summed E-state index contributed by atoms with van der Waals surface area (Å²) in [5.74, 6) is -0.00393. The van der Waals surface area contributed by atoms with E-state index in [0.29, 0.717) is 19.3 Å². The van der Waals surface area contributed by atoms with E-state index < -0.39 is 5.60 Å². The highest BCUT2D eigenvalue weighted by atomic mass is 32.1. The fourth-order valence-corrected chi connectivity index (χ4v) is 3.89. The van der Waals surface area contributed by atoms with Crippen LogP contribution in [-0.4, -0.2) is 16.5 Å². The molecule has 1 aromatic carbocycles. The molecule has 1 fully saturated rings. The number of hydrogen-bond donors (Lipinski definition) is 1. The predicted octanol–water partition coefficient (Wildman–Crippen LogP) is 3.71. The van der Waals surface area contributed by atoms with Crippen LogP contribution in [-0.2, 0) is 11.2 Å². The number of thiophene rings is 1. The van der Waals surface area contributed by atoms with Crippen LogP contribution in [0.15, 0.2) is 29.6 Å². The van der Waals surface area contributed by atoms with Gasteiger partial charge in [0.25, 0.3) is 0 Å². The van der Waals surface area contributed by atoms with Crippen LogP contribution in [0.25, 0.3) is 10.1 Å². The number of benzene rings is 1. The van der Waals surface area contributed by atoms with Crippen LogP contribution < -0.4 is 0 Å². The van der Waals surface area contributed by atoms with Crippen LogP contribution in [0.4, 0.5) is 0 Å². The summed E-state index contributed by atoms with van der Waals surface area (Å²) in [7, 11) is 0. The van der Waals surface area contributed by atoms with Gasteiger partial charge >= 0.3 is 0 Å². The largest absolute Gasteiger partial charge is 0.382 e. The monoisotopic (exact) mass is 274 g/mol. The Balaban J connectivity index is 1.82. The molecule has 100 valence electrons. The number of Topliss-reactive ketones (excluding diaryl/α,β-unsaturated/α-hetero) is 1. The molecule has 0 saturated heterocycles. The molecule has 0 spiro atoms. The Morgan fingerprint density at radius 1 is 1.21 bits per heavy atom. The first-order valence-corrected chi connectivity index (χ1v) is 7.78. The Labute approximate surface area is 117 Å². The molecule has 0 atom stereocenters. The minimum Gasteiger partial charge on any atom is -0.382 e. The van der Waals surface area contributed by atoms with Gasteiger partial charge in [0.2, 0.25) is 0 Å². The molecular formula is C16H18O2S. The van der Waals surface area contributed by atoms with Crippen molar-refractivity contribution >= 4 is 27.2 Å². The number of carbonyl (C=O) groups is 1. The predicted molar refractivity (Wildman–Crippen MR) is 78.6 cm³/mol. The number of fused-ring (bicyclic) bond motifs is 1. The summed E-state index contributed by atoms with van der Waals surface area (Å²) in [6, 6.07) is 8.14. The molecule has 0 unspecified atom stereocenters. The van der Waals surface area contributed by atoms with Gasteiger partial charge in [0.05, 0.1) is 0 Å². The second-order valence-electron chi connectivity index (χ2n) is 5.45. The first-order chi connectivity index (χ1) is 9.19. The second-order valence-corrected chi connectivity index (χ2v) is 6.36. The van der Waals surface area contributed by atoms with E-state index in [4.69, 9.17) is 0 Å².